The van der Waals surface area contributed by atoms with Crippen LogP contribution in [0.15, 0.2) is 12.1 Å². The SMILES string of the molecule is CC(C)c1ccc(C2CCOCC2)c(CN(C)C)n1. The molecule has 2 heterocycles. The minimum absolute atomic E-state index is 0.490. The molecule has 0 amide bonds. The Hall–Kier alpha value is -0.930. The topological polar surface area (TPSA) is 25.4 Å². The molecule has 0 aromatic carbocycles. The highest BCUT2D eigenvalue weighted by Crippen LogP contribution is 2.30. The zero-order valence-corrected chi connectivity index (χ0v) is 12.6. The second-order valence-electron chi connectivity index (χ2n) is 6.05. The minimum Gasteiger partial charge on any atom is -0.381 e. The number of hydrogen-bond acceptors (Lipinski definition) is 3. The van der Waals surface area contributed by atoms with Crippen LogP contribution in [0.1, 0.15) is 55.5 Å². The fourth-order valence-electron chi connectivity index (χ4n) is 2.66. The van der Waals surface area contributed by atoms with Crippen molar-refractivity contribution >= 4 is 0 Å². The maximum Gasteiger partial charge on any atom is 0.0581 e. The normalized spacial score (nSPS) is 17.4. The van der Waals surface area contributed by atoms with Gasteiger partial charge in [0, 0.05) is 25.5 Å². The van der Waals surface area contributed by atoms with E-state index >= 15 is 0 Å². The molecular formula is C16H26N2O. The third kappa shape index (κ3) is 3.77. The van der Waals surface area contributed by atoms with Gasteiger partial charge in [-0.2, -0.15) is 0 Å². The lowest BCUT2D eigenvalue weighted by molar-refractivity contribution is 0.0849. The van der Waals surface area contributed by atoms with Crippen molar-refractivity contribution < 1.29 is 4.74 Å². The van der Waals surface area contributed by atoms with E-state index in [1.54, 1.807) is 0 Å². The molecule has 0 unspecified atom stereocenters. The Morgan fingerprint density at radius 2 is 1.95 bits per heavy atom. The molecule has 106 valence electrons. The van der Waals surface area contributed by atoms with Gasteiger partial charge < -0.3 is 9.64 Å². The maximum absolute atomic E-state index is 5.47. The van der Waals surface area contributed by atoms with Crippen molar-refractivity contribution in [2.24, 2.45) is 0 Å². The van der Waals surface area contributed by atoms with Gasteiger partial charge in [0.15, 0.2) is 0 Å². The minimum atomic E-state index is 0.490. The number of aromatic nitrogens is 1. The van der Waals surface area contributed by atoms with Gasteiger partial charge in [-0.05, 0) is 50.4 Å². The number of hydrogen-bond donors (Lipinski definition) is 0. The van der Waals surface area contributed by atoms with Gasteiger partial charge in [-0.1, -0.05) is 19.9 Å². The summed E-state index contributed by atoms with van der Waals surface area (Å²) < 4.78 is 5.47. The van der Waals surface area contributed by atoms with Crippen LogP contribution < -0.4 is 0 Å². The first-order chi connectivity index (χ1) is 9.08. The second kappa shape index (κ2) is 6.49. The smallest absolute Gasteiger partial charge is 0.0581 e. The van der Waals surface area contributed by atoms with E-state index in [1.165, 1.54) is 17.0 Å². The predicted molar refractivity (Wildman–Crippen MR) is 78.5 cm³/mol. The summed E-state index contributed by atoms with van der Waals surface area (Å²) in [6.45, 7) is 7.11. The lowest BCUT2D eigenvalue weighted by Crippen LogP contribution is -2.20. The fourth-order valence-corrected chi connectivity index (χ4v) is 2.66. The molecule has 0 bridgehead atoms. The van der Waals surface area contributed by atoms with E-state index in [0.29, 0.717) is 11.8 Å². The summed E-state index contributed by atoms with van der Waals surface area (Å²) in [4.78, 5) is 7.11. The molecule has 2 rings (SSSR count). The van der Waals surface area contributed by atoms with Crippen molar-refractivity contribution in [1.82, 2.24) is 9.88 Å². The van der Waals surface area contributed by atoms with Crippen LogP contribution in [0.5, 0.6) is 0 Å². The van der Waals surface area contributed by atoms with Crippen molar-refractivity contribution in [3.8, 4) is 0 Å². The maximum atomic E-state index is 5.47. The summed E-state index contributed by atoms with van der Waals surface area (Å²) in [6.07, 6.45) is 2.26. The molecule has 3 nitrogen and oxygen atoms in total. The number of pyridine rings is 1. The van der Waals surface area contributed by atoms with Crippen LogP contribution in [0, 0.1) is 0 Å². The quantitative estimate of drug-likeness (QED) is 0.833. The number of rotatable bonds is 4. The summed E-state index contributed by atoms with van der Waals surface area (Å²) in [7, 11) is 4.22. The van der Waals surface area contributed by atoms with Crippen molar-refractivity contribution in [2.45, 2.75) is 45.1 Å². The largest absolute Gasteiger partial charge is 0.381 e. The fraction of sp³-hybridized carbons (Fsp3) is 0.688. The highest BCUT2D eigenvalue weighted by Gasteiger charge is 2.20. The average molecular weight is 262 g/mol. The molecule has 0 spiro atoms. The summed E-state index contributed by atoms with van der Waals surface area (Å²) in [5.74, 6) is 1.11. The number of ether oxygens (including phenoxy) is 1. The zero-order chi connectivity index (χ0) is 13.8. The van der Waals surface area contributed by atoms with E-state index in [2.05, 4.69) is 45.0 Å². The van der Waals surface area contributed by atoms with Crippen molar-refractivity contribution in [1.29, 1.82) is 0 Å². The molecule has 1 aliphatic heterocycles. The van der Waals surface area contributed by atoms with Gasteiger partial charge in [0.1, 0.15) is 0 Å². The van der Waals surface area contributed by atoms with Gasteiger partial charge in [0.2, 0.25) is 0 Å². The van der Waals surface area contributed by atoms with Crippen LogP contribution in [0.3, 0.4) is 0 Å². The van der Waals surface area contributed by atoms with Crippen LogP contribution in [0.4, 0.5) is 0 Å². The Morgan fingerprint density at radius 3 is 2.53 bits per heavy atom. The molecule has 0 aliphatic carbocycles. The van der Waals surface area contributed by atoms with Gasteiger partial charge >= 0.3 is 0 Å². The Balaban J connectivity index is 2.29. The van der Waals surface area contributed by atoms with Crippen molar-refractivity contribution in [3.05, 3.63) is 29.1 Å². The Kier molecular flexibility index (Phi) is 4.94. The molecule has 1 aromatic heterocycles. The standard InChI is InChI=1S/C16H26N2O/c1-12(2)15-6-5-14(13-7-9-19-10-8-13)16(17-15)11-18(3)4/h5-6,12-13H,7-11H2,1-4H3. The van der Waals surface area contributed by atoms with Gasteiger partial charge in [-0.25, -0.2) is 0 Å². The van der Waals surface area contributed by atoms with E-state index in [4.69, 9.17) is 9.72 Å². The third-order valence-electron chi connectivity index (χ3n) is 3.75. The second-order valence-corrected chi connectivity index (χ2v) is 6.05. The van der Waals surface area contributed by atoms with E-state index < -0.39 is 0 Å². The lowest BCUT2D eigenvalue weighted by Gasteiger charge is -2.25. The molecule has 1 fully saturated rings. The molecule has 1 aliphatic rings. The van der Waals surface area contributed by atoms with Crippen LogP contribution in [-0.2, 0) is 11.3 Å². The molecule has 1 aromatic rings. The first-order valence-electron chi connectivity index (χ1n) is 7.30. The van der Waals surface area contributed by atoms with Crippen LogP contribution >= 0.6 is 0 Å². The summed E-state index contributed by atoms with van der Waals surface area (Å²) in [6, 6.07) is 4.51. The highest BCUT2D eigenvalue weighted by atomic mass is 16.5. The predicted octanol–water partition coefficient (Wildman–Crippen LogP) is 3.16. The van der Waals surface area contributed by atoms with Crippen LogP contribution in [0.2, 0.25) is 0 Å². The zero-order valence-electron chi connectivity index (χ0n) is 12.6. The Labute approximate surface area is 117 Å². The molecule has 0 N–H and O–H groups in total. The molecular weight excluding hydrogens is 236 g/mol. The highest BCUT2D eigenvalue weighted by molar-refractivity contribution is 5.28. The first kappa shape index (κ1) is 14.5. The van der Waals surface area contributed by atoms with Gasteiger partial charge in [-0.15, -0.1) is 0 Å². The molecule has 1 saturated heterocycles. The average Bonchev–Trinajstić information content (AvgIpc) is 2.39. The molecule has 0 atom stereocenters. The molecule has 3 heteroatoms. The van der Waals surface area contributed by atoms with Crippen molar-refractivity contribution in [3.63, 3.8) is 0 Å². The van der Waals surface area contributed by atoms with Crippen LogP contribution in [-0.4, -0.2) is 37.2 Å². The van der Waals surface area contributed by atoms with Gasteiger partial charge in [-0.3, -0.25) is 4.98 Å². The van der Waals surface area contributed by atoms with Gasteiger partial charge in [0.25, 0.3) is 0 Å². The Morgan fingerprint density at radius 1 is 1.26 bits per heavy atom. The van der Waals surface area contributed by atoms with Gasteiger partial charge in [0.05, 0.1) is 5.69 Å². The third-order valence-corrected chi connectivity index (χ3v) is 3.75. The van der Waals surface area contributed by atoms with E-state index in [0.717, 1.165) is 32.6 Å². The number of nitrogens with zero attached hydrogens (tertiary/aromatic N) is 2. The molecule has 0 radical (unpaired) electrons. The lowest BCUT2D eigenvalue weighted by atomic mass is 9.89. The van der Waals surface area contributed by atoms with Crippen LogP contribution in [0.25, 0.3) is 0 Å². The monoisotopic (exact) mass is 262 g/mol. The summed E-state index contributed by atoms with van der Waals surface area (Å²) in [5.41, 5.74) is 3.89. The summed E-state index contributed by atoms with van der Waals surface area (Å²) in [5, 5.41) is 0. The first-order valence-corrected chi connectivity index (χ1v) is 7.30. The van der Waals surface area contributed by atoms with E-state index in [9.17, 15) is 0 Å². The molecule has 0 saturated carbocycles. The van der Waals surface area contributed by atoms with E-state index in [-0.39, 0.29) is 0 Å². The molecule has 19 heavy (non-hydrogen) atoms. The van der Waals surface area contributed by atoms with E-state index in [1.807, 2.05) is 0 Å². The van der Waals surface area contributed by atoms with Crippen molar-refractivity contribution in [2.75, 3.05) is 27.3 Å². The summed E-state index contributed by atoms with van der Waals surface area (Å²) >= 11 is 0. The Bertz CT molecular complexity index is 409.